The molecule has 3 rings (SSSR count). The fraction of sp³-hybridized carbons (Fsp3) is 0.444. The highest BCUT2D eigenvalue weighted by atomic mass is 35.5. The molecular formula is C18H21ClFN3O2. The van der Waals surface area contributed by atoms with E-state index in [1.165, 1.54) is 12.1 Å². The predicted molar refractivity (Wildman–Crippen MR) is 93.2 cm³/mol. The van der Waals surface area contributed by atoms with Crippen LogP contribution < -0.4 is 0 Å². The van der Waals surface area contributed by atoms with Gasteiger partial charge in [0.1, 0.15) is 17.1 Å². The first-order valence-corrected chi connectivity index (χ1v) is 8.78. The van der Waals surface area contributed by atoms with Gasteiger partial charge in [0.25, 0.3) is 5.91 Å². The number of nitrogens with zero attached hydrogens (tertiary/aromatic N) is 3. The maximum Gasteiger partial charge on any atom is 0.259 e. The van der Waals surface area contributed by atoms with Crippen molar-refractivity contribution in [3.63, 3.8) is 0 Å². The molecule has 1 aliphatic heterocycles. The lowest BCUT2D eigenvalue weighted by Gasteiger charge is -2.34. The Labute approximate surface area is 151 Å². The number of rotatable bonds is 4. The summed E-state index contributed by atoms with van der Waals surface area (Å²) < 4.78 is 18.3. The van der Waals surface area contributed by atoms with E-state index >= 15 is 0 Å². The number of piperazine rings is 1. The quantitative estimate of drug-likeness (QED) is 0.834. The Bertz CT molecular complexity index is 770. The molecule has 2 heterocycles. The van der Waals surface area contributed by atoms with Gasteiger partial charge in [-0.2, -0.15) is 0 Å². The molecule has 1 saturated heterocycles. The summed E-state index contributed by atoms with van der Waals surface area (Å²) in [4.78, 5) is 16.8. The van der Waals surface area contributed by atoms with E-state index in [2.05, 4.69) is 10.1 Å². The van der Waals surface area contributed by atoms with Gasteiger partial charge in [-0.3, -0.25) is 9.69 Å². The lowest BCUT2D eigenvalue weighted by Crippen LogP contribution is -2.48. The molecule has 0 aliphatic carbocycles. The number of hydrogen-bond donors (Lipinski definition) is 0. The van der Waals surface area contributed by atoms with E-state index in [-0.39, 0.29) is 11.7 Å². The van der Waals surface area contributed by atoms with Crippen LogP contribution in [0.4, 0.5) is 4.39 Å². The van der Waals surface area contributed by atoms with Crippen LogP contribution in [0.15, 0.2) is 22.7 Å². The standard InChI is InChI=1S/C18H21ClFN3O2/c1-3-16-17(12(2)25-21-16)18(24)23-8-6-22(7-9-23)11-13-4-5-14(20)10-15(13)19/h4-5,10H,3,6-9,11H2,1-2H3. The van der Waals surface area contributed by atoms with Gasteiger partial charge in [0, 0.05) is 37.7 Å². The van der Waals surface area contributed by atoms with Crippen molar-refractivity contribution in [2.45, 2.75) is 26.8 Å². The molecule has 0 unspecified atom stereocenters. The first-order chi connectivity index (χ1) is 12.0. The Balaban J connectivity index is 1.61. The van der Waals surface area contributed by atoms with Crippen LogP contribution >= 0.6 is 11.6 Å². The molecule has 0 atom stereocenters. The zero-order chi connectivity index (χ0) is 18.0. The summed E-state index contributed by atoms with van der Waals surface area (Å²) in [5, 5.41) is 4.40. The molecule has 2 aromatic rings. The molecule has 1 aromatic heterocycles. The molecule has 0 saturated carbocycles. The minimum atomic E-state index is -0.333. The molecule has 5 nitrogen and oxygen atoms in total. The van der Waals surface area contributed by atoms with Crippen LogP contribution in [0.3, 0.4) is 0 Å². The van der Waals surface area contributed by atoms with E-state index in [1.807, 2.05) is 11.8 Å². The summed E-state index contributed by atoms with van der Waals surface area (Å²) in [7, 11) is 0. The molecule has 134 valence electrons. The number of amides is 1. The van der Waals surface area contributed by atoms with E-state index < -0.39 is 0 Å². The third-order valence-corrected chi connectivity index (χ3v) is 4.90. The summed E-state index contributed by atoms with van der Waals surface area (Å²) in [6.07, 6.45) is 0.668. The van der Waals surface area contributed by atoms with E-state index in [0.29, 0.717) is 48.1 Å². The maximum atomic E-state index is 13.1. The molecule has 0 bridgehead atoms. The van der Waals surface area contributed by atoms with E-state index in [9.17, 15) is 9.18 Å². The summed E-state index contributed by atoms with van der Waals surface area (Å²) in [5.41, 5.74) is 2.20. The topological polar surface area (TPSA) is 49.6 Å². The van der Waals surface area contributed by atoms with Crippen LogP contribution in [0.25, 0.3) is 0 Å². The molecule has 1 fully saturated rings. The Morgan fingerprint density at radius 1 is 1.32 bits per heavy atom. The van der Waals surface area contributed by atoms with Gasteiger partial charge in [-0.15, -0.1) is 0 Å². The molecule has 1 aromatic carbocycles. The smallest absolute Gasteiger partial charge is 0.259 e. The average molecular weight is 366 g/mol. The van der Waals surface area contributed by atoms with Crippen LogP contribution in [0.5, 0.6) is 0 Å². The fourth-order valence-corrected chi connectivity index (χ4v) is 3.32. The molecule has 0 radical (unpaired) electrons. The number of benzene rings is 1. The lowest BCUT2D eigenvalue weighted by atomic mass is 10.1. The molecule has 25 heavy (non-hydrogen) atoms. The van der Waals surface area contributed by atoms with Gasteiger partial charge < -0.3 is 9.42 Å². The monoisotopic (exact) mass is 365 g/mol. The van der Waals surface area contributed by atoms with Crippen LogP contribution in [-0.4, -0.2) is 47.0 Å². The van der Waals surface area contributed by atoms with Crippen LogP contribution in [-0.2, 0) is 13.0 Å². The molecule has 0 N–H and O–H groups in total. The normalized spacial score (nSPS) is 15.6. The molecule has 0 spiro atoms. The third kappa shape index (κ3) is 3.85. The van der Waals surface area contributed by atoms with Crippen LogP contribution in [0.1, 0.15) is 34.3 Å². The van der Waals surface area contributed by atoms with Gasteiger partial charge in [-0.05, 0) is 31.0 Å². The average Bonchev–Trinajstić information content (AvgIpc) is 2.98. The zero-order valence-electron chi connectivity index (χ0n) is 14.4. The van der Waals surface area contributed by atoms with Gasteiger partial charge in [0.05, 0.1) is 5.69 Å². The Kier molecular flexibility index (Phi) is 5.39. The van der Waals surface area contributed by atoms with Gasteiger partial charge >= 0.3 is 0 Å². The summed E-state index contributed by atoms with van der Waals surface area (Å²) >= 11 is 6.10. The first-order valence-electron chi connectivity index (χ1n) is 8.40. The van der Waals surface area contributed by atoms with Crippen molar-refractivity contribution in [2.75, 3.05) is 26.2 Å². The summed E-state index contributed by atoms with van der Waals surface area (Å²) in [6, 6.07) is 4.46. The fourth-order valence-electron chi connectivity index (χ4n) is 3.09. The third-order valence-electron chi connectivity index (χ3n) is 4.55. The highest BCUT2D eigenvalue weighted by Gasteiger charge is 2.27. The molecule has 1 aliphatic rings. The van der Waals surface area contributed by atoms with Gasteiger partial charge in [0.15, 0.2) is 0 Å². The van der Waals surface area contributed by atoms with Crippen molar-refractivity contribution in [3.05, 3.63) is 51.6 Å². The zero-order valence-corrected chi connectivity index (χ0v) is 15.1. The van der Waals surface area contributed by atoms with E-state index in [4.69, 9.17) is 16.1 Å². The number of aryl methyl sites for hydroxylation is 2. The van der Waals surface area contributed by atoms with Gasteiger partial charge in [-0.1, -0.05) is 29.7 Å². The number of hydrogen-bond acceptors (Lipinski definition) is 4. The minimum Gasteiger partial charge on any atom is -0.361 e. The molecular weight excluding hydrogens is 345 g/mol. The van der Waals surface area contributed by atoms with Crippen molar-refractivity contribution < 1.29 is 13.7 Å². The lowest BCUT2D eigenvalue weighted by molar-refractivity contribution is 0.0626. The summed E-state index contributed by atoms with van der Waals surface area (Å²) in [5.74, 6) is 0.220. The Hall–Kier alpha value is -1.92. The number of halogens is 2. The molecule has 7 heteroatoms. The molecule has 1 amide bonds. The second-order valence-corrected chi connectivity index (χ2v) is 6.63. The van der Waals surface area contributed by atoms with Crippen LogP contribution in [0, 0.1) is 12.7 Å². The second-order valence-electron chi connectivity index (χ2n) is 6.22. The van der Waals surface area contributed by atoms with E-state index in [0.717, 1.165) is 18.7 Å². The highest BCUT2D eigenvalue weighted by Crippen LogP contribution is 2.21. The first kappa shape index (κ1) is 17.9. The largest absolute Gasteiger partial charge is 0.361 e. The number of carbonyl (C=O) groups excluding carboxylic acids is 1. The second kappa shape index (κ2) is 7.54. The van der Waals surface area contributed by atoms with E-state index in [1.54, 1.807) is 13.0 Å². The predicted octanol–water partition coefficient (Wildman–Crippen LogP) is 3.30. The van der Waals surface area contributed by atoms with Crippen LogP contribution in [0.2, 0.25) is 5.02 Å². The SMILES string of the molecule is CCc1noc(C)c1C(=O)N1CCN(Cc2ccc(F)cc2Cl)CC1. The summed E-state index contributed by atoms with van der Waals surface area (Å²) in [6.45, 7) is 7.12. The minimum absolute atomic E-state index is 0.0185. The number of carbonyl (C=O) groups is 1. The van der Waals surface area contributed by atoms with Gasteiger partial charge in [-0.25, -0.2) is 4.39 Å². The number of aromatic nitrogens is 1. The van der Waals surface area contributed by atoms with Crippen molar-refractivity contribution in [1.29, 1.82) is 0 Å². The van der Waals surface area contributed by atoms with Crippen molar-refractivity contribution >= 4 is 17.5 Å². The highest BCUT2D eigenvalue weighted by molar-refractivity contribution is 6.31. The van der Waals surface area contributed by atoms with Crippen molar-refractivity contribution in [1.82, 2.24) is 15.0 Å². The van der Waals surface area contributed by atoms with Gasteiger partial charge in [0.2, 0.25) is 0 Å². The Morgan fingerprint density at radius 3 is 2.68 bits per heavy atom. The van der Waals surface area contributed by atoms with Crippen molar-refractivity contribution in [2.24, 2.45) is 0 Å². The maximum absolute atomic E-state index is 13.1. The Morgan fingerprint density at radius 2 is 2.04 bits per heavy atom. The van der Waals surface area contributed by atoms with Crippen molar-refractivity contribution in [3.8, 4) is 0 Å².